The van der Waals surface area contributed by atoms with Gasteiger partial charge in [0.15, 0.2) is 11.5 Å². The minimum Gasteiger partial charge on any atom is -0.490 e. The zero-order chi connectivity index (χ0) is 20.0. The van der Waals surface area contributed by atoms with Gasteiger partial charge in [-0.2, -0.15) is 5.26 Å². The molecule has 2 aromatic heterocycles. The van der Waals surface area contributed by atoms with Crippen molar-refractivity contribution in [1.29, 1.82) is 5.26 Å². The third-order valence-electron chi connectivity index (χ3n) is 5.43. The van der Waals surface area contributed by atoms with Gasteiger partial charge in [-0.3, -0.25) is 4.79 Å². The summed E-state index contributed by atoms with van der Waals surface area (Å²) in [5.74, 6) is 1.06. The number of fused-ring (bicyclic) bond motifs is 2. The summed E-state index contributed by atoms with van der Waals surface area (Å²) in [5, 5.41) is 17.0. The molecule has 0 unspecified atom stereocenters. The van der Waals surface area contributed by atoms with Crippen molar-refractivity contribution < 1.29 is 14.1 Å². The summed E-state index contributed by atoms with van der Waals surface area (Å²) in [6.45, 7) is 2.04. The average molecular weight is 405 g/mol. The average Bonchev–Trinajstić information content (AvgIpc) is 3.42. The summed E-state index contributed by atoms with van der Waals surface area (Å²) in [5.41, 5.74) is 3.86. The van der Waals surface area contributed by atoms with Gasteiger partial charge in [0.05, 0.1) is 5.56 Å². The van der Waals surface area contributed by atoms with Crippen molar-refractivity contribution in [3.05, 3.63) is 51.5 Å². The number of anilines is 1. The van der Waals surface area contributed by atoms with Crippen molar-refractivity contribution in [2.75, 3.05) is 5.32 Å². The van der Waals surface area contributed by atoms with Crippen molar-refractivity contribution in [3.63, 3.8) is 0 Å². The third kappa shape index (κ3) is 3.19. The zero-order valence-corrected chi connectivity index (χ0v) is 16.8. The number of nitriles is 1. The van der Waals surface area contributed by atoms with Crippen LogP contribution in [-0.2, 0) is 19.3 Å². The van der Waals surface area contributed by atoms with Crippen molar-refractivity contribution in [2.24, 2.45) is 0 Å². The molecular formula is C22H19N3O3S. The molecule has 5 rings (SSSR count). The molecule has 1 aromatic carbocycles. The Balaban J connectivity index is 1.38. The molecule has 6 nitrogen and oxygen atoms in total. The second-order valence-electron chi connectivity index (χ2n) is 7.51. The van der Waals surface area contributed by atoms with Crippen LogP contribution in [0.25, 0.3) is 11.3 Å². The molecule has 0 fully saturated rings. The molecule has 0 spiro atoms. The fourth-order valence-electron chi connectivity index (χ4n) is 4.03. The third-order valence-corrected chi connectivity index (χ3v) is 6.64. The summed E-state index contributed by atoms with van der Waals surface area (Å²) in [4.78, 5) is 13.9. The smallest absolute Gasteiger partial charge is 0.278 e. The fraction of sp³-hybridized carbons (Fsp3) is 0.318. The molecule has 29 heavy (non-hydrogen) atoms. The van der Waals surface area contributed by atoms with Crippen LogP contribution in [0.5, 0.6) is 5.75 Å². The Hall–Kier alpha value is -3.11. The van der Waals surface area contributed by atoms with Crippen LogP contribution in [0, 0.1) is 11.3 Å². The van der Waals surface area contributed by atoms with Crippen LogP contribution in [0.1, 0.15) is 51.8 Å². The quantitative estimate of drug-likeness (QED) is 0.681. The first-order valence-electron chi connectivity index (χ1n) is 9.75. The van der Waals surface area contributed by atoms with E-state index < -0.39 is 0 Å². The number of thiophene rings is 1. The van der Waals surface area contributed by atoms with E-state index in [9.17, 15) is 10.1 Å². The maximum atomic E-state index is 12.7. The van der Waals surface area contributed by atoms with Crippen LogP contribution in [-0.4, -0.2) is 17.2 Å². The second kappa shape index (κ2) is 7.05. The van der Waals surface area contributed by atoms with E-state index in [0.717, 1.165) is 54.5 Å². The monoisotopic (exact) mass is 405 g/mol. The Labute approximate surface area is 172 Å². The van der Waals surface area contributed by atoms with Crippen LogP contribution >= 0.6 is 11.3 Å². The highest BCUT2D eigenvalue weighted by Crippen LogP contribution is 2.38. The van der Waals surface area contributed by atoms with Crippen LogP contribution in [0.2, 0.25) is 0 Å². The molecule has 0 bridgehead atoms. The molecule has 3 aromatic rings. The lowest BCUT2D eigenvalue weighted by molar-refractivity contribution is 0.101. The van der Waals surface area contributed by atoms with Crippen LogP contribution < -0.4 is 10.1 Å². The van der Waals surface area contributed by atoms with E-state index in [2.05, 4.69) is 16.5 Å². The number of amides is 1. The number of benzene rings is 1. The van der Waals surface area contributed by atoms with E-state index >= 15 is 0 Å². The maximum absolute atomic E-state index is 12.7. The summed E-state index contributed by atoms with van der Waals surface area (Å²) in [6.07, 6.45) is 5.11. The van der Waals surface area contributed by atoms with E-state index in [1.54, 1.807) is 6.07 Å². The zero-order valence-electron chi connectivity index (χ0n) is 15.9. The van der Waals surface area contributed by atoms with Crippen molar-refractivity contribution in [3.8, 4) is 23.1 Å². The van der Waals surface area contributed by atoms with Crippen molar-refractivity contribution >= 4 is 22.2 Å². The van der Waals surface area contributed by atoms with E-state index in [4.69, 9.17) is 9.26 Å². The van der Waals surface area contributed by atoms with Gasteiger partial charge in [-0.1, -0.05) is 5.16 Å². The molecular weight excluding hydrogens is 386 g/mol. The predicted octanol–water partition coefficient (Wildman–Crippen LogP) is 4.73. The molecule has 3 heterocycles. The Bertz CT molecular complexity index is 1150. The summed E-state index contributed by atoms with van der Waals surface area (Å²) in [7, 11) is 0. The van der Waals surface area contributed by atoms with Crippen LogP contribution in [0.4, 0.5) is 5.00 Å². The first kappa shape index (κ1) is 18.0. The highest BCUT2D eigenvalue weighted by Gasteiger charge is 2.24. The second-order valence-corrected chi connectivity index (χ2v) is 8.62. The molecule has 0 saturated heterocycles. The Morgan fingerprint density at radius 1 is 1.31 bits per heavy atom. The summed E-state index contributed by atoms with van der Waals surface area (Å²) >= 11 is 1.50. The number of nitrogens with one attached hydrogen (secondary N) is 1. The Kier molecular flexibility index (Phi) is 4.36. The van der Waals surface area contributed by atoms with Gasteiger partial charge in [-0.25, -0.2) is 0 Å². The van der Waals surface area contributed by atoms with Gasteiger partial charge in [0.25, 0.3) is 5.91 Å². The molecule has 1 N–H and O–H groups in total. The SMILES string of the molecule is C[C@@H]1Cc2cc(-c3cc(C(=O)Nc4sc5c(c4C#N)CCCC5)no3)ccc2O1. The number of carbonyl (C=O) groups is 1. The Morgan fingerprint density at radius 3 is 3.03 bits per heavy atom. The number of ether oxygens (including phenoxy) is 1. The molecule has 146 valence electrons. The highest BCUT2D eigenvalue weighted by molar-refractivity contribution is 7.16. The molecule has 7 heteroatoms. The molecule has 1 aliphatic heterocycles. The summed E-state index contributed by atoms with van der Waals surface area (Å²) < 4.78 is 11.1. The van der Waals surface area contributed by atoms with E-state index in [0.29, 0.717) is 16.3 Å². The van der Waals surface area contributed by atoms with E-state index in [1.807, 2.05) is 25.1 Å². The first-order valence-corrected chi connectivity index (χ1v) is 10.6. The molecule has 1 aliphatic carbocycles. The van der Waals surface area contributed by atoms with E-state index in [1.165, 1.54) is 16.2 Å². The predicted molar refractivity (Wildman–Crippen MR) is 109 cm³/mol. The largest absolute Gasteiger partial charge is 0.490 e. The standard InChI is InChI=1S/C22H19N3O3S/c1-12-8-14-9-13(6-7-18(14)27-12)19-10-17(25-28-19)21(26)24-22-16(11-23)15-4-2-3-5-20(15)29-22/h6-7,9-10,12H,2-5,8H2,1H3,(H,24,26)/t12-/m1/s1. The number of nitrogens with zero attached hydrogens (tertiary/aromatic N) is 2. The molecule has 1 amide bonds. The van der Waals surface area contributed by atoms with Gasteiger partial charge in [0.2, 0.25) is 0 Å². The molecule has 2 aliphatic rings. The Morgan fingerprint density at radius 2 is 2.17 bits per heavy atom. The summed E-state index contributed by atoms with van der Waals surface area (Å²) in [6, 6.07) is 9.74. The lowest BCUT2D eigenvalue weighted by atomic mass is 9.96. The van der Waals surface area contributed by atoms with Gasteiger partial charge in [0, 0.05) is 22.9 Å². The highest BCUT2D eigenvalue weighted by atomic mass is 32.1. The minimum atomic E-state index is -0.367. The van der Waals surface area contributed by atoms with Gasteiger partial charge >= 0.3 is 0 Å². The number of rotatable bonds is 3. The number of hydrogen-bond donors (Lipinski definition) is 1. The van der Waals surface area contributed by atoms with Gasteiger partial charge in [-0.15, -0.1) is 11.3 Å². The normalized spacial score (nSPS) is 17.2. The van der Waals surface area contributed by atoms with Crippen LogP contribution in [0.3, 0.4) is 0 Å². The molecule has 1 atom stereocenters. The lowest BCUT2D eigenvalue weighted by Gasteiger charge is -2.09. The van der Waals surface area contributed by atoms with Gasteiger partial charge < -0.3 is 14.6 Å². The minimum absolute atomic E-state index is 0.169. The van der Waals surface area contributed by atoms with Gasteiger partial charge in [0.1, 0.15) is 22.9 Å². The fourth-order valence-corrected chi connectivity index (χ4v) is 5.27. The van der Waals surface area contributed by atoms with Gasteiger partial charge in [-0.05, 0) is 61.9 Å². The van der Waals surface area contributed by atoms with Crippen LogP contribution in [0.15, 0.2) is 28.8 Å². The van der Waals surface area contributed by atoms with Crippen molar-refractivity contribution in [1.82, 2.24) is 5.16 Å². The number of aryl methyl sites for hydroxylation is 1. The number of carbonyl (C=O) groups excluding carboxylic acids is 1. The molecule has 0 radical (unpaired) electrons. The lowest BCUT2D eigenvalue weighted by Crippen LogP contribution is -2.12. The first-order chi connectivity index (χ1) is 14.1. The van der Waals surface area contributed by atoms with Crippen molar-refractivity contribution in [2.45, 2.75) is 45.1 Å². The number of hydrogen-bond acceptors (Lipinski definition) is 6. The topological polar surface area (TPSA) is 88.2 Å². The van der Waals surface area contributed by atoms with E-state index in [-0.39, 0.29) is 17.7 Å². The number of aromatic nitrogens is 1. The molecule has 0 saturated carbocycles. The maximum Gasteiger partial charge on any atom is 0.278 e.